The van der Waals surface area contributed by atoms with Gasteiger partial charge in [-0.15, -0.1) is 0 Å². The summed E-state index contributed by atoms with van der Waals surface area (Å²) in [6, 6.07) is 8.79. The van der Waals surface area contributed by atoms with Crippen molar-refractivity contribution in [3.05, 3.63) is 35.4 Å². The molecule has 2 rings (SSSR count). The Morgan fingerprint density at radius 2 is 1.94 bits per heavy atom. The third kappa shape index (κ3) is 3.02. The van der Waals surface area contributed by atoms with Gasteiger partial charge in [-0.25, -0.2) is 0 Å². The van der Waals surface area contributed by atoms with Gasteiger partial charge in [-0.2, -0.15) is 11.8 Å². The number of rotatable bonds is 4. The summed E-state index contributed by atoms with van der Waals surface area (Å²) in [7, 11) is 0. The quantitative estimate of drug-likeness (QED) is 0.866. The number of benzene rings is 1. The van der Waals surface area contributed by atoms with Crippen molar-refractivity contribution in [1.82, 2.24) is 0 Å². The van der Waals surface area contributed by atoms with E-state index in [1.165, 1.54) is 35.5 Å². The molecule has 1 N–H and O–H groups in total. The molecule has 16 heavy (non-hydrogen) atoms. The van der Waals surface area contributed by atoms with Gasteiger partial charge in [0.15, 0.2) is 0 Å². The topological polar surface area (TPSA) is 20.2 Å². The van der Waals surface area contributed by atoms with E-state index in [0.717, 1.165) is 18.8 Å². The molecule has 0 bridgehead atoms. The minimum absolute atomic E-state index is 0.300. The molecule has 0 aliphatic carbocycles. The van der Waals surface area contributed by atoms with Crippen molar-refractivity contribution in [2.24, 2.45) is 0 Å². The molecule has 1 aromatic rings. The molecule has 0 spiro atoms. The van der Waals surface area contributed by atoms with E-state index in [9.17, 15) is 0 Å². The Balaban J connectivity index is 2.11. The maximum Gasteiger partial charge on any atom is 0.0434 e. The Morgan fingerprint density at radius 1 is 1.19 bits per heavy atom. The Kier molecular flexibility index (Phi) is 4.73. The molecule has 2 heteroatoms. The summed E-state index contributed by atoms with van der Waals surface area (Å²) in [5.41, 5.74) is 2.99. The molecule has 1 aromatic carbocycles. The van der Waals surface area contributed by atoms with Gasteiger partial charge in [0.2, 0.25) is 0 Å². The Labute approximate surface area is 102 Å². The number of thioether (sulfide) groups is 1. The van der Waals surface area contributed by atoms with Crippen LogP contribution in [0.2, 0.25) is 0 Å². The molecule has 1 heterocycles. The molecule has 0 saturated carbocycles. The summed E-state index contributed by atoms with van der Waals surface area (Å²) in [6.45, 7) is 0.300. The summed E-state index contributed by atoms with van der Waals surface area (Å²) < 4.78 is 0. The van der Waals surface area contributed by atoms with E-state index >= 15 is 0 Å². The fourth-order valence-electron chi connectivity index (χ4n) is 2.44. The van der Waals surface area contributed by atoms with Crippen LogP contribution in [0.15, 0.2) is 24.3 Å². The minimum atomic E-state index is 0.300. The monoisotopic (exact) mass is 236 g/mol. The molecule has 0 unspecified atom stereocenters. The zero-order valence-corrected chi connectivity index (χ0v) is 10.5. The Hall–Kier alpha value is -0.470. The molecule has 0 radical (unpaired) electrons. The molecule has 1 aliphatic rings. The van der Waals surface area contributed by atoms with E-state index in [4.69, 9.17) is 5.11 Å². The first kappa shape index (κ1) is 12.0. The normalized spacial score (nSPS) is 17.6. The highest BCUT2D eigenvalue weighted by molar-refractivity contribution is 7.99. The second-order valence-corrected chi connectivity index (χ2v) is 5.64. The van der Waals surface area contributed by atoms with Crippen LogP contribution < -0.4 is 0 Å². The Morgan fingerprint density at radius 3 is 2.69 bits per heavy atom. The maximum atomic E-state index is 8.93. The SMILES string of the molecule is OCCCc1ccccc1C1CCSCC1. The van der Waals surface area contributed by atoms with Crippen LogP contribution in [0.3, 0.4) is 0 Å². The lowest BCUT2D eigenvalue weighted by Gasteiger charge is -2.24. The van der Waals surface area contributed by atoms with E-state index in [2.05, 4.69) is 36.0 Å². The number of aliphatic hydroxyl groups is 1. The van der Waals surface area contributed by atoms with Gasteiger partial charge in [-0.1, -0.05) is 24.3 Å². The van der Waals surface area contributed by atoms with Gasteiger partial charge in [0.25, 0.3) is 0 Å². The highest BCUT2D eigenvalue weighted by atomic mass is 32.2. The molecule has 88 valence electrons. The molecular weight excluding hydrogens is 216 g/mol. The lowest BCUT2D eigenvalue weighted by molar-refractivity contribution is 0.288. The Bertz CT molecular complexity index is 318. The smallest absolute Gasteiger partial charge is 0.0434 e. The largest absolute Gasteiger partial charge is 0.396 e. The first-order valence-corrected chi connectivity index (χ1v) is 7.33. The number of hydrogen-bond donors (Lipinski definition) is 1. The van der Waals surface area contributed by atoms with Crippen molar-refractivity contribution >= 4 is 11.8 Å². The van der Waals surface area contributed by atoms with Gasteiger partial charge in [-0.3, -0.25) is 0 Å². The average Bonchev–Trinajstić information content (AvgIpc) is 2.38. The zero-order valence-electron chi connectivity index (χ0n) is 9.69. The van der Waals surface area contributed by atoms with Gasteiger partial charge in [0.05, 0.1) is 0 Å². The van der Waals surface area contributed by atoms with Crippen molar-refractivity contribution in [2.75, 3.05) is 18.1 Å². The van der Waals surface area contributed by atoms with Crippen LogP contribution >= 0.6 is 11.8 Å². The summed E-state index contributed by atoms with van der Waals surface area (Å²) in [5, 5.41) is 8.93. The molecule has 1 nitrogen and oxygen atoms in total. The van der Waals surface area contributed by atoms with Crippen molar-refractivity contribution in [3.63, 3.8) is 0 Å². The van der Waals surface area contributed by atoms with Crippen LogP contribution in [0, 0.1) is 0 Å². The molecule has 0 amide bonds. The van der Waals surface area contributed by atoms with Crippen LogP contribution in [0.4, 0.5) is 0 Å². The molecular formula is C14H20OS. The third-order valence-electron chi connectivity index (χ3n) is 3.32. The summed E-state index contributed by atoms with van der Waals surface area (Å²) in [5.74, 6) is 3.37. The lowest BCUT2D eigenvalue weighted by Crippen LogP contribution is -2.10. The maximum absolute atomic E-state index is 8.93. The molecule has 1 aliphatic heterocycles. The zero-order chi connectivity index (χ0) is 11.2. The van der Waals surface area contributed by atoms with Gasteiger partial charge >= 0.3 is 0 Å². The van der Waals surface area contributed by atoms with Crippen LogP contribution in [0.1, 0.15) is 36.3 Å². The van der Waals surface area contributed by atoms with E-state index in [1.54, 1.807) is 0 Å². The first-order chi connectivity index (χ1) is 7.92. The fourth-order valence-corrected chi connectivity index (χ4v) is 3.54. The van der Waals surface area contributed by atoms with E-state index < -0.39 is 0 Å². The van der Waals surface area contributed by atoms with Gasteiger partial charge in [0.1, 0.15) is 0 Å². The van der Waals surface area contributed by atoms with Crippen molar-refractivity contribution in [3.8, 4) is 0 Å². The van der Waals surface area contributed by atoms with E-state index in [0.29, 0.717) is 6.61 Å². The third-order valence-corrected chi connectivity index (χ3v) is 4.37. The number of hydrogen-bond acceptors (Lipinski definition) is 2. The molecule has 1 fully saturated rings. The average molecular weight is 236 g/mol. The first-order valence-electron chi connectivity index (χ1n) is 6.18. The lowest BCUT2D eigenvalue weighted by atomic mass is 9.88. The summed E-state index contributed by atoms with van der Waals surface area (Å²) >= 11 is 2.08. The van der Waals surface area contributed by atoms with Crippen molar-refractivity contribution in [2.45, 2.75) is 31.6 Å². The van der Waals surface area contributed by atoms with E-state index in [1.807, 2.05) is 0 Å². The van der Waals surface area contributed by atoms with Gasteiger partial charge in [-0.05, 0) is 54.2 Å². The van der Waals surface area contributed by atoms with Crippen LogP contribution in [0.25, 0.3) is 0 Å². The number of aliphatic hydroxyl groups excluding tert-OH is 1. The van der Waals surface area contributed by atoms with Crippen LogP contribution in [-0.2, 0) is 6.42 Å². The summed E-state index contributed by atoms with van der Waals surface area (Å²) in [4.78, 5) is 0. The van der Waals surface area contributed by atoms with Gasteiger partial charge < -0.3 is 5.11 Å². The predicted octanol–water partition coefficient (Wildman–Crippen LogP) is 3.22. The van der Waals surface area contributed by atoms with Crippen LogP contribution in [-0.4, -0.2) is 23.2 Å². The van der Waals surface area contributed by atoms with Crippen molar-refractivity contribution < 1.29 is 5.11 Å². The predicted molar refractivity (Wildman–Crippen MR) is 71.1 cm³/mol. The fraction of sp³-hybridized carbons (Fsp3) is 0.571. The van der Waals surface area contributed by atoms with Gasteiger partial charge in [0, 0.05) is 6.61 Å². The molecule has 1 saturated heterocycles. The molecule has 0 aromatic heterocycles. The van der Waals surface area contributed by atoms with Crippen LogP contribution in [0.5, 0.6) is 0 Å². The minimum Gasteiger partial charge on any atom is -0.396 e. The molecule has 0 atom stereocenters. The standard InChI is InChI=1S/C14H20OS/c15-9-3-5-12-4-1-2-6-14(12)13-7-10-16-11-8-13/h1-2,4,6,13,15H,3,5,7-11H2. The van der Waals surface area contributed by atoms with Crippen molar-refractivity contribution in [1.29, 1.82) is 0 Å². The second-order valence-electron chi connectivity index (χ2n) is 4.41. The number of aryl methyl sites for hydroxylation is 1. The summed E-state index contributed by atoms with van der Waals surface area (Å²) in [6.07, 6.45) is 4.55. The van der Waals surface area contributed by atoms with E-state index in [-0.39, 0.29) is 0 Å². The second kappa shape index (κ2) is 6.31. The highest BCUT2D eigenvalue weighted by Gasteiger charge is 2.17. The highest BCUT2D eigenvalue weighted by Crippen LogP contribution is 2.33.